The molecule has 1 aliphatic heterocycles. The largest absolute Gasteiger partial charge is 0.490 e. The van der Waals surface area contributed by atoms with E-state index in [9.17, 15) is 9.59 Å². The van der Waals surface area contributed by atoms with Crippen LogP contribution < -0.4 is 9.47 Å². The average Bonchev–Trinajstić information content (AvgIpc) is 3.16. The van der Waals surface area contributed by atoms with Crippen LogP contribution >= 0.6 is 15.9 Å². The van der Waals surface area contributed by atoms with E-state index in [0.29, 0.717) is 23.5 Å². The topological polar surface area (TPSA) is 74.2 Å². The zero-order valence-corrected chi connectivity index (χ0v) is 19.6. The van der Waals surface area contributed by atoms with Crippen molar-refractivity contribution in [2.45, 2.75) is 13.8 Å². The molecule has 1 heterocycles. The third kappa shape index (κ3) is 5.38. The molecule has 0 fully saturated rings. The molecule has 0 spiro atoms. The highest BCUT2D eigenvalue weighted by Crippen LogP contribution is 2.31. The second kappa shape index (κ2) is 9.83. The van der Waals surface area contributed by atoms with E-state index in [-0.39, 0.29) is 17.3 Å². The minimum Gasteiger partial charge on any atom is -0.490 e. The molecule has 0 saturated carbocycles. The number of aryl methyl sites for hydroxylation is 1. The Morgan fingerprint density at radius 2 is 1.76 bits per heavy atom. The molecule has 166 valence electrons. The lowest BCUT2D eigenvalue weighted by Gasteiger charge is -2.11. The molecule has 0 N–H and O–H groups in total. The van der Waals surface area contributed by atoms with E-state index >= 15 is 0 Å². The van der Waals surface area contributed by atoms with Crippen LogP contribution in [0.1, 0.15) is 34.0 Å². The summed E-state index contributed by atoms with van der Waals surface area (Å²) in [5.41, 5.74) is 3.07. The number of hydrogen-bond donors (Lipinski definition) is 0. The van der Waals surface area contributed by atoms with Gasteiger partial charge >= 0.3 is 11.9 Å². The first-order valence-electron chi connectivity index (χ1n) is 10.3. The van der Waals surface area contributed by atoms with Gasteiger partial charge in [-0.2, -0.15) is 0 Å². The van der Waals surface area contributed by atoms with Gasteiger partial charge in [0.2, 0.25) is 5.90 Å². The number of nitrogens with zero attached hydrogens (tertiary/aromatic N) is 1. The number of cyclic esters (lactones) is 1. The van der Waals surface area contributed by atoms with Gasteiger partial charge in [-0.25, -0.2) is 14.6 Å². The first kappa shape index (κ1) is 22.5. The summed E-state index contributed by atoms with van der Waals surface area (Å²) in [6.07, 6.45) is 1.60. The second-order valence-electron chi connectivity index (χ2n) is 7.24. The number of esters is 2. The van der Waals surface area contributed by atoms with Crippen LogP contribution in [0.15, 0.2) is 81.9 Å². The molecule has 1 aliphatic rings. The van der Waals surface area contributed by atoms with Gasteiger partial charge in [-0.05, 0) is 74.0 Å². The number of carbonyl (C=O) groups is 2. The van der Waals surface area contributed by atoms with Crippen molar-refractivity contribution in [3.63, 3.8) is 0 Å². The van der Waals surface area contributed by atoms with E-state index in [1.165, 1.54) is 0 Å². The fraction of sp³-hybridized carbons (Fsp3) is 0.115. The summed E-state index contributed by atoms with van der Waals surface area (Å²) in [4.78, 5) is 29.2. The maximum absolute atomic E-state index is 12.5. The predicted molar refractivity (Wildman–Crippen MR) is 128 cm³/mol. The minimum atomic E-state index is -0.533. The van der Waals surface area contributed by atoms with Crippen LogP contribution in [0, 0.1) is 6.92 Å². The zero-order valence-electron chi connectivity index (χ0n) is 18.0. The van der Waals surface area contributed by atoms with Crippen LogP contribution in [0.3, 0.4) is 0 Å². The summed E-state index contributed by atoms with van der Waals surface area (Å²) in [6.45, 7) is 4.19. The van der Waals surface area contributed by atoms with Gasteiger partial charge in [-0.15, -0.1) is 0 Å². The normalized spacial score (nSPS) is 14.1. The predicted octanol–water partition coefficient (Wildman–Crippen LogP) is 5.72. The number of rotatable bonds is 6. The maximum atomic E-state index is 12.5. The summed E-state index contributed by atoms with van der Waals surface area (Å²) in [6, 6.07) is 19.5. The van der Waals surface area contributed by atoms with E-state index in [4.69, 9.17) is 14.2 Å². The molecular weight excluding hydrogens is 486 g/mol. The summed E-state index contributed by atoms with van der Waals surface area (Å²) < 4.78 is 17.4. The smallest absolute Gasteiger partial charge is 0.363 e. The number of halogens is 1. The maximum Gasteiger partial charge on any atom is 0.363 e. The van der Waals surface area contributed by atoms with Crippen molar-refractivity contribution in [1.29, 1.82) is 0 Å². The second-order valence-corrected chi connectivity index (χ2v) is 8.15. The number of aliphatic imine (C=N–C) groups is 1. The molecule has 0 unspecified atom stereocenters. The van der Waals surface area contributed by atoms with Crippen LogP contribution in [0.2, 0.25) is 0 Å². The minimum absolute atomic E-state index is 0.174. The molecule has 0 bridgehead atoms. The van der Waals surface area contributed by atoms with E-state index in [2.05, 4.69) is 20.9 Å². The molecule has 0 amide bonds. The monoisotopic (exact) mass is 505 g/mol. The van der Waals surface area contributed by atoms with Gasteiger partial charge in [0.25, 0.3) is 0 Å². The van der Waals surface area contributed by atoms with Crippen molar-refractivity contribution >= 4 is 39.8 Å². The van der Waals surface area contributed by atoms with Gasteiger partial charge in [-0.1, -0.05) is 39.7 Å². The summed E-state index contributed by atoms with van der Waals surface area (Å²) in [7, 11) is 0. The highest BCUT2D eigenvalue weighted by molar-refractivity contribution is 9.10. The Balaban J connectivity index is 1.58. The molecule has 3 aromatic carbocycles. The number of carbonyl (C=O) groups excluding carboxylic acids is 2. The Labute approximate surface area is 199 Å². The lowest BCUT2D eigenvalue weighted by Crippen LogP contribution is -2.09. The SMILES string of the molecule is CCOc1cc(/C=C2/N=C(c3ccc(C)cc3)OC2=O)ccc1OC(=O)c1ccc(Br)cc1. The van der Waals surface area contributed by atoms with E-state index < -0.39 is 11.9 Å². The fourth-order valence-corrected chi connectivity index (χ4v) is 3.36. The van der Waals surface area contributed by atoms with Gasteiger partial charge in [0.05, 0.1) is 12.2 Å². The molecule has 0 atom stereocenters. The van der Waals surface area contributed by atoms with Crippen LogP contribution in [0.25, 0.3) is 6.08 Å². The lowest BCUT2D eigenvalue weighted by atomic mass is 10.1. The third-order valence-corrected chi connectivity index (χ3v) is 5.30. The van der Waals surface area contributed by atoms with E-state index in [0.717, 1.165) is 15.6 Å². The van der Waals surface area contributed by atoms with Crippen LogP contribution in [0.5, 0.6) is 11.5 Å². The first-order chi connectivity index (χ1) is 15.9. The van der Waals surface area contributed by atoms with Crippen molar-refractivity contribution in [2.24, 2.45) is 4.99 Å². The van der Waals surface area contributed by atoms with Crippen molar-refractivity contribution in [2.75, 3.05) is 6.61 Å². The molecule has 4 rings (SSSR count). The fourth-order valence-electron chi connectivity index (χ4n) is 3.10. The van der Waals surface area contributed by atoms with Crippen molar-refractivity contribution in [3.05, 3.63) is 99.2 Å². The molecule has 0 aliphatic carbocycles. The van der Waals surface area contributed by atoms with Gasteiger partial charge < -0.3 is 14.2 Å². The molecule has 3 aromatic rings. The molecule has 0 saturated heterocycles. The molecule has 33 heavy (non-hydrogen) atoms. The standard InChI is InChI=1S/C26H20BrNO5/c1-3-31-23-15-17(6-13-22(23)32-25(29)19-9-11-20(27)12-10-19)14-21-26(30)33-24(28-21)18-7-4-16(2)5-8-18/h4-15H,3H2,1-2H3/b21-14+. The average molecular weight is 506 g/mol. The highest BCUT2D eigenvalue weighted by atomic mass is 79.9. The Kier molecular flexibility index (Phi) is 6.70. The van der Waals surface area contributed by atoms with Gasteiger partial charge in [0.15, 0.2) is 17.2 Å². The lowest BCUT2D eigenvalue weighted by molar-refractivity contribution is -0.129. The molecule has 6 nitrogen and oxygen atoms in total. The Morgan fingerprint density at radius 1 is 1.03 bits per heavy atom. The van der Waals surface area contributed by atoms with Crippen molar-refractivity contribution in [3.8, 4) is 11.5 Å². The summed E-state index contributed by atoms with van der Waals surface area (Å²) >= 11 is 3.34. The first-order valence-corrected chi connectivity index (χ1v) is 11.1. The molecular formula is C26H20BrNO5. The Hall–Kier alpha value is -3.71. The van der Waals surface area contributed by atoms with Gasteiger partial charge in [0.1, 0.15) is 0 Å². The highest BCUT2D eigenvalue weighted by Gasteiger charge is 2.24. The quantitative estimate of drug-likeness (QED) is 0.243. The van der Waals surface area contributed by atoms with Gasteiger partial charge in [-0.3, -0.25) is 0 Å². The molecule has 0 aromatic heterocycles. The van der Waals surface area contributed by atoms with Crippen molar-refractivity contribution in [1.82, 2.24) is 0 Å². The zero-order chi connectivity index (χ0) is 23.4. The van der Waals surface area contributed by atoms with E-state index in [1.54, 1.807) is 48.5 Å². The number of benzene rings is 3. The van der Waals surface area contributed by atoms with Crippen LogP contribution in [0.4, 0.5) is 0 Å². The van der Waals surface area contributed by atoms with E-state index in [1.807, 2.05) is 38.1 Å². The summed E-state index contributed by atoms with van der Waals surface area (Å²) in [5.74, 6) is -0.108. The Bertz CT molecular complexity index is 1260. The Morgan fingerprint density at radius 3 is 2.45 bits per heavy atom. The number of hydrogen-bond acceptors (Lipinski definition) is 6. The van der Waals surface area contributed by atoms with Crippen LogP contribution in [-0.2, 0) is 9.53 Å². The van der Waals surface area contributed by atoms with Gasteiger partial charge in [0, 0.05) is 10.0 Å². The third-order valence-electron chi connectivity index (χ3n) is 4.77. The molecule has 7 heteroatoms. The molecule has 0 radical (unpaired) electrons. The van der Waals surface area contributed by atoms with Crippen molar-refractivity contribution < 1.29 is 23.8 Å². The summed E-state index contributed by atoms with van der Waals surface area (Å²) in [5, 5.41) is 0. The number of ether oxygens (including phenoxy) is 3. The van der Waals surface area contributed by atoms with Crippen LogP contribution in [-0.4, -0.2) is 24.4 Å².